The molecule has 134 valence electrons. The van der Waals surface area contributed by atoms with E-state index in [4.69, 9.17) is 4.42 Å². The average molecular weight is 432 g/mol. The van der Waals surface area contributed by atoms with Gasteiger partial charge < -0.3 is 9.32 Å². The number of carbonyl (C=O) groups excluding carboxylic acids is 1. The van der Waals surface area contributed by atoms with Crippen LogP contribution in [0.4, 0.5) is 0 Å². The van der Waals surface area contributed by atoms with E-state index in [0.717, 1.165) is 59.2 Å². The number of halogens is 1. The lowest BCUT2D eigenvalue weighted by molar-refractivity contribution is 0.0628. The molecule has 3 aromatic rings. The van der Waals surface area contributed by atoms with Crippen LogP contribution in [-0.4, -0.2) is 46.9 Å². The number of benzene rings is 1. The quantitative estimate of drug-likeness (QED) is 0.623. The Kier molecular flexibility index (Phi) is 5.19. The van der Waals surface area contributed by atoms with E-state index in [1.807, 2.05) is 46.7 Å². The summed E-state index contributed by atoms with van der Waals surface area (Å²) in [6, 6.07) is 11.4. The summed E-state index contributed by atoms with van der Waals surface area (Å²) >= 11 is 5.07. The highest BCUT2D eigenvalue weighted by Gasteiger charge is 2.23. The molecule has 4 rings (SSSR count). The number of hydrogen-bond acceptors (Lipinski definition) is 5. The number of thiazole rings is 1. The van der Waals surface area contributed by atoms with E-state index in [0.29, 0.717) is 0 Å². The highest BCUT2D eigenvalue weighted by Crippen LogP contribution is 2.23. The number of hydrogen-bond donors (Lipinski definition) is 0. The molecule has 5 nitrogen and oxygen atoms in total. The Morgan fingerprint density at radius 2 is 2.04 bits per heavy atom. The number of furan rings is 1. The maximum absolute atomic E-state index is 12.6. The van der Waals surface area contributed by atoms with E-state index in [1.165, 1.54) is 0 Å². The van der Waals surface area contributed by atoms with Crippen molar-refractivity contribution in [2.45, 2.75) is 6.54 Å². The zero-order valence-corrected chi connectivity index (χ0v) is 16.5. The van der Waals surface area contributed by atoms with Crippen molar-refractivity contribution in [3.8, 4) is 11.5 Å². The van der Waals surface area contributed by atoms with Gasteiger partial charge in [0.15, 0.2) is 5.76 Å². The van der Waals surface area contributed by atoms with Gasteiger partial charge >= 0.3 is 0 Å². The van der Waals surface area contributed by atoms with Crippen molar-refractivity contribution in [2.75, 3.05) is 26.2 Å². The van der Waals surface area contributed by atoms with Gasteiger partial charge in [0.05, 0.1) is 12.8 Å². The first kappa shape index (κ1) is 17.5. The smallest absolute Gasteiger partial charge is 0.253 e. The molecular weight excluding hydrogens is 414 g/mol. The van der Waals surface area contributed by atoms with Crippen LogP contribution in [0.2, 0.25) is 0 Å². The predicted molar refractivity (Wildman–Crippen MR) is 105 cm³/mol. The van der Waals surface area contributed by atoms with Crippen molar-refractivity contribution < 1.29 is 9.21 Å². The molecule has 7 heteroatoms. The molecule has 1 aliphatic rings. The molecule has 2 aromatic heterocycles. The first-order valence-electron chi connectivity index (χ1n) is 8.44. The molecule has 1 aromatic carbocycles. The Morgan fingerprint density at radius 1 is 1.19 bits per heavy atom. The van der Waals surface area contributed by atoms with Crippen LogP contribution in [0.1, 0.15) is 15.4 Å². The molecule has 0 N–H and O–H groups in total. The summed E-state index contributed by atoms with van der Waals surface area (Å²) < 4.78 is 6.33. The zero-order chi connectivity index (χ0) is 17.9. The lowest BCUT2D eigenvalue weighted by Gasteiger charge is -2.34. The van der Waals surface area contributed by atoms with Crippen LogP contribution in [0, 0.1) is 0 Å². The van der Waals surface area contributed by atoms with Gasteiger partial charge in [-0.25, -0.2) is 4.98 Å². The van der Waals surface area contributed by atoms with Crippen LogP contribution in [0.3, 0.4) is 0 Å². The lowest BCUT2D eigenvalue weighted by Crippen LogP contribution is -2.48. The fourth-order valence-corrected chi connectivity index (χ4v) is 4.25. The van der Waals surface area contributed by atoms with Crippen molar-refractivity contribution in [2.24, 2.45) is 0 Å². The number of nitrogens with zero attached hydrogens (tertiary/aromatic N) is 3. The van der Waals surface area contributed by atoms with Crippen LogP contribution in [0.5, 0.6) is 0 Å². The van der Waals surface area contributed by atoms with E-state index >= 15 is 0 Å². The van der Waals surface area contributed by atoms with Crippen molar-refractivity contribution in [1.82, 2.24) is 14.8 Å². The van der Waals surface area contributed by atoms with E-state index in [2.05, 4.69) is 25.8 Å². The SMILES string of the molecule is O=C(c1cccc(Br)c1)N1CCN(Cc2nc(-c3ccco3)cs2)CC1. The van der Waals surface area contributed by atoms with Gasteiger partial charge in [-0.3, -0.25) is 9.69 Å². The van der Waals surface area contributed by atoms with Crippen molar-refractivity contribution >= 4 is 33.2 Å². The molecule has 0 aliphatic carbocycles. The first-order valence-corrected chi connectivity index (χ1v) is 10.1. The lowest BCUT2D eigenvalue weighted by atomic mass is 10.2. The van der Waals surface area contributed by atoms with Gasteiger partial charge in [0.1, 0.15) is 10.7 Å². The molecule has 26 heavy (non-hydrogen) atoms. The van der Waals surface area contributed by atoms with E-state index in [-0.39, 0.29) is 5.91 Å². The monoisotopic (exact) mass is 431 g/mol. The van der Waals surface area contributed by atoms with Gasteiger partial charge in [-0.05, 0) is 30.3 Å². The maximum Gasteiger partial charge on any atom is 0.253 e. The van der Waals surface area contributed by atoms with Crippen LogP contribution in [-0.2, 0) is 6.54 Å². The molecular formula is C19H18BrN3O2S. The maximum atomic E-state index is 12.6. The third kappa shape index (κ3) is 3.90. The third-order valence-corrected chi connectivity index (χ3v) is 5.74. The highest BCUT2D eigenvalue weighted by molar-refractivity contribution is 9.10. The molecule has 1 aliphatic heterocycles. The van der Waals surface area contributed by atoms with Gasteiger partial charge in [0.25, 0.3) is 5.91 Å². The Morgan fingerprint density at radius 3 is 2.77 bits per heavy atom. The van der Waals surface area contributed by atoms with Gasteiger partial charge in [0, 0.05) is 41.6 Å². The third-order valence-electron chi connectivity index (χ3n) is 4.42. The number of aromatic nitrogens is 1. The van der Waals surface area contributed by atoms with Crippen molar-refractivity contribution in [3.05, 3.63) is 63.1 Å². The summed E-state index contributed by atoms with van der Waals surface area (Å²) in [5.41, 5.74) is 1.62. The zero-order valence-electron chi connectivity index (χ0n) is 14.1. The molecule has 1 saturated heterocycles. The second-order valence-corrected chi connectivity index (χ2v) is 8.04. The Bertz CT molecular complexity index is 886. The van der Waals surface area contributed by atoms with Gasteiger partial charge in [-0.2, -0.15) is 0 Å². The summed E-state index contributed by atoms with van der Waals surface area (Å²) in [6.07, 6.45) is 1.66. The Balaban J connectivity index is 1.33. The minimum atomic E-state index is 0.0975. The average Bonchev–Trinajstić information content (AvgIpc) is 3.33. The summed E-state index contributed by atoms with van der Waals surface area (Å²) in [6.45, 7) is 4.00. The molecule has 0 saturated carbocycles. The second kappa shape index (κ2) is 7.73. The van der Waals surface area contributed by atoms with Crippen LogP contribution < -0.4 is 0 Å². The number of carbonyl (C=O) groups is 1. The van der Waals surface area contributed by atoms with Crippen LogP contribution >= 0.6 is 27.3 Å². The van der Waals surface area contributed by atoms with Crippen LogP contribution in [0.15, 0.2) is 56.9 Å². The molecule has 0 radical (unpaired) electrons. The van der Waals surface area contributed by atoms with Crippen molar-refractivity contribution in [1.29, 1.82) is 0 Å². The number of rotatable bonds is 4. The molecule has 1 amide bonds. The number of amides is 1. The summed E-state index contributed by atoms with van der Waals surface area (Å²) in [5, 5.41) is 3.10. The molecule has 0 unspecified atom stereocenters. The largest absolute Gasteiger partial charge is 0.463 e. The summed E-state index contributed by atoms with van der Waals surface area (Å²) in [4.78, 5) is 21.5. The summed E-state index contributed by atoms with van der Waals surface area (Å²) in [7, 11) is 0. The molecule has 0 atom stereocenters. The Hall–Kier alpha value is -1.96. The predicted octanol–water partition coefficient (Wildman–Crippen LogP) is 4.12. The van der Waals surface area contributed by atoms with Crippen molar-refractivity contribution in [3.63, 3.8) is 0 Å². The minimum Gasteiger partial charge on any atom is -0.463 e. The summed E-state index contributed by atoms with van der Waals surface area (Å²) in [5.74, 6) is 0.900. The second-order valence-electron chi connectivity index (χ2n) is 6.18. The first-order chi connectivity index (χ1) is 12.7. The fourth-order valence-electron chi connectivity index (χ4n) is 3.03. The Labute approximate surface area is 164 Å². The highest BCUT2D eigenvalue weighted by atomic mass is 79.9. The topological polar surface area (TPSA) is 49.6 Å². The fraction of sp³-hybridized carbons (Fsp3) is 0.263. The molecule has 3 heterocycles. The molecule has 0 bridgehead atoms. The van der Waals surface area contributed by atoms with Gasteiger partial charge in [-0.1, -0.05) is 22.0 Å². The van der Waals surface area contributed by atoms with E-state index in [1.54, 1.807) is 17.6 Å². The number of piperazine rings is 1. The van der Waals surface area contributed by atoms with Gasteiger partial charge in [0.2, 0.25) is 0 Å². The molecule has 1 fully saturated rings. The van der Waals surface area contributed by atoms with Crippen LogP contribution in [0.25, 0.3) is 11.5 Å². The molecule has 0 spiro atoms. The normalized spacial score (nSPS) is 15.3. The van der Waals surface area contributed by atoms with Gasteiger partial charge in [-0.15, -0.1) is 11.3 Å². The van der Waals surface area contributed by atoms with E-state index < -0.39 is 0 Å². The standard InChI is InChI=1S/C19H18BrN3O2S/c20-15-4-1-3-14(11-15)19(24)23-8-6-22(7-9-23)12-18-21-16(13-26-18)17-5-2-10-25-17/h1-5,10-11,13H,6-9,12H2. The van der Waals surface area contributed by atoms with E-state index in [9.17, 15) is 4.79 Å². The minimum absolute atomic E-state index is 0.0975.